The van der Waals surface area contributed by atoms with Gasteiger partial charge in [0, 0.05) is 5.56 Å². The van der Waals surface area contributed by atoms with Gasteiger partial charge in [0.25, 0.3) is 5.24 Å². The number of esters is 1. The number of benzene rings is 2. The third kappa shape index (κ3) is 4.23. The molecule has 0 amide bonds. The van der Waals surface area contributed by atoms with Crippen LogP contribution in [0, 0.1) is 0 Å². The van der Waals surface area contributed by atoms with E-state index in [0.717, 1.165) is 0 Å². The smallest absolute Gasteiger partial charge is 0.339 e. The standard InChI is InChI=1S/C17H15ClO5/c1-21-13-7-3-11(4-8-13)15(16(18)19)23-17(20)12-5-9-14(22-2)10-6-12/h3-10,15H,1-2H3. The van der Waals surface area contributed by atoms with Gasteiger partial charge < -0.3 is 14.2 Å². The van der Waals surface area contributed by atoms with Crippen LogP contribution in [0.25, 0.3) is 0 Å². The molecule has 0 aromatic heterocycles. The van der Waals surface area contributed by atoms with Crippen molar-refractivity contribution in [3.63, 3.8) is 0 Å². The third-order valence-electron chi connectivity index (χ3n) is 3.18. The minimum Gasteiger partial charge on any atom is -0.497 e. The van der Waals surface area contributed by atoms with E-state index in [4.69, 9.17) is 25.8 Å². The highest BCUT2D eigenvalue weighted by molar-refractivity contribution is 6.64. The van der Waals surface area contributed by atoms with Gasteiger partial charge in [-0.15, -0.1) is 0 Å². The number of hydrogen-bond acceptors (Lipinski definition) is 5. The van der Waals surface area contributed by atoms with Gasteiger partial charge in [0.05, 0.1) is 19.8 Å². The van der Waals surface area contributed by atoms with Crippen molar-refractivity contribution in [1.82, 2.24) is 0 Å². The Balaban J connectivity index is 2.17. The van der Waals surface area contributed by atoms with Gasteiger partial charge in [-0.25, -0.2) is 4.79 Å². The SMILES string of the molecule is COc1ccc(C(=O)OC(C(=O)Cl)c2ccc(OC)cc2)cc1. The van der Waals surface area contributed by atoms with E-state index in [1.807, 2.05) is 0 Å². The van der Waals surface area contributed by atoms with Crippen LogP contribution in [-0.2, 0) is 9.53 Å². The first-order valence-corrected chi connectivity index (χ1v) is 7.11. The lowest BCUT2D eigenvalue weighted by atomic mass is 10.1. The molecule has 2 rings (SSSR count). The summed E-state index contributed by atoms with van der Waals surface area (Å²) in [4.78, 5) is 23.8. The van der Waals surface area contributed by atoms with Crippen LogP contribution >= 0.6 is 11.6 Å². The number of carbonyl (C=O) groups excluding carboxylic acids is 2. The van der Waals surface area contributed by atoms with E-state index in [2.05, 4.69) is 0 Å². The zero-order valence-electron chi connectivity index (χ0n) is 12.6. The van der Waals surface area contributed by atoms with E-state index in [9.17, 15) is 9.59 Å². The van der Waals surface area contributed by atoms with E-state index in [0.29, 0.717) is 22.6 Å². The zero-order chi connectivity index (χ0) is 16.8. The predicted octanol–water partition coefficient (Wildman–Crippen LogP) is 3.37. The Hall–Kier alpha value is -2.53. The van der Waals surface area contributed by atoms with E-state index >= 15 is 0 Å². The molecule has 0 radical (unpaired) electrons. The van der Waals surface area contributed by atoms with Crippen molar-refractivity contribution in [1.29, 1.82) is 0 Å². The van der Waals surface area contributed by atoms with E-state index < -0.39 is 17.3 Å². The summed E-state index contributed by atoms with van der Waals surface area (Å²) in [6.07, 6.45) is -1.18. The van der Waals surface area contributed by atoms with Gasteiger partial charge >= 0.3 is 5.97 Å². The number of ether oxygens (including phenoxy) is 3. The summed E-state index contributed by atoms with van der Waals surface area (Å²) >= 11 is 5.56. The van der Waals surface area contributed by atoms with Gasteiger partial charge in [-0.05, 0) is 48.0 Å². The normalized spacial score (nSPS) is 11.4. The molecule has 0 aliphatic rings. The predicted molar refractivity (Wildman–Crippen MR) is 85.0 cm³/mol. The molecule has 0 aliphatic heterocycles. The van der Waals surface area contributed by atoms with Gasteiger partial charge in [-0.1, -0.05) is 12.1 Å². The minimum atomic E-state index is -1.18. The van der Waals surface area contributed by atoms with Gasteiger partial charge in [-0.2, -0.15) is 0 Å². The zero-order valence-corrected chi connectivity index (χ0v) is 13.4. The molecule has 0 fully saturated rings. The highest BCUT2D eigenvalue weighted by atomic mass is 35.5. The monoisotopic (exact) mass is 334 g/mol. The molecule has 6 heteroatoms. The summed E-state index contributed by atoms with van der Waals surface area (Å²) in [5.74, 6) is 0.583. The molecule has 2 aromatic rings. The largest absolute Gasteiger partial charge is 0.497 e. The summed E-state index contributed by atoms with van der Waals surface area (Å²) in [6.45, 7) is 0. The summed E-state index contributed by atoms with van der Waals surface area (Å²) in [5.41, 5.74) is 0.759. The van der Waals surface area contributed by atoms with Crippen LogP contribution in [-0.4, -0.2) is 25.4 Å². The Morgan fingerprint density at radius 1 is 0.870 bits per heavy atom. The van der Waals surface area contributed by atoms with Crippen LogP contribution in [0.4, 0.5) is 0 Å². The molecule has 120 valence electrons. The van der Waals surface area contributed by atoms with E-state index in [1.54, 1.807) is 48.5 Å². The Labute approximate surface area is 138 Å². The third-order valence-corrected chi connectivity index (χ3v) is 3.37. The van der Waals surface area contributed by atoms with Crippen LogP contribution in [0.3, 0.4) is 0 Å². The van der Waals surface area contributed by atoms with Crippen molar-refractivity contribution in [2.75, 3.05) is 14.2 Å². The maximum absolute atomic E-state index is 12.2. The highest BCUT2D eigenvalue weighted by Gasteiger charge is 2.24. The fraction of sp³-hybridized carbons (Fsp3) is 0.176. The molecule has 0 heterocycles. The Morgan fingerprint density at radius 3 is 1.78 bits per heavy atom. The van der Waals surface area contributed by atoms with Gasteiger partial charge in [0.15, 0.2) is 0 Å². The second-order valence-electron chi connectivity index (χ2n) is 4.59. The fourth-order valence-corrected chi connectivity index (χ4v) is 2.10. The van der Waals surface area contributed by atoms with Crippen molar-refractivity contribution in [2.24, 2.45) is 0 Å². The van der Waals surface area contributed by atoms with Crippen LogP contribution in [0.5, 0.6) is 11.5 Å². The summed E-state index contributed by atoms with van der Waals surface area (Å²) in [7, 11) is 3.06. The Bertz CT molecular complexity index is 679. The summed E-state index contributed by atoms with van der Waals surface area (Å²) in [5, 5.41) is -0.781. The molecule has 0 bridgehead atoms. The molecule has 2 aromatic carbocycles. The molecular formula is C17H15ClO5. The van der Waals surface area contributed by atoms with E-state index in [1.165, 1.54) is 14.2 Å². The van der Waals surface area contributed by atoms with Crippen LogP contribution < -0.4 is 9.47 Å². The molecule has 5 nitrogen and oxygen atoms in total. The molecule has 0 saturated heterocycles. The molecule has 1 unspecified atom stereocenters. The van der Waals surface area contributed by atoms with Gasteiger partial charge in [0.1, 0.15) is 11.5 Å². The number of hydrogen-bond donors (Lipinski definition) is 0. The lowest BCUT2D eigenvalue weighted by molar-refractivity contribution is -0.120. The second-order valence-corrected chi connectivity index (χ2v) is 4.96. The maximum atomic E-state index is 12.2. The number of methoxy groups -OCH3 is 2. The van der Waals surface area contributed by atoms with Crippen molar-refractivity contribution in [3.8, 4) is 11.5 Å². The van der Waals surface area contributed by atoms with Crippen LogP contribution in [0.15, 0.2) is 48.5 Å². The highest BCUT2D eigenvalue weighted by Crippen LogP contribution is 2.24. The Morgan fingerprint density at radius 2 is 1.35 bits per heavy atom. The first-order chi connectivity index (χ1) is 11.0. The van der Waals surface area contributed by atoms with Crippen molar-refractivity contribution in [2.45, 2.75) is 6.10 Å². The summed E-state index contributed by atoms with van der Waals surface area (Å²) < 4.78 is 15.3. The van der Waals surface area contributed by atoms with Crippen LogP contribution in [0.2, 0.25) is 0 Å². The lowest BCUT2D eigenvalue weighted by Crippen LogP contribution is -2.16. The minimum absolute atomic E-state index is 0.294. The molecular weight excluding hydrogens is 320 g/mol. The second kappa shape index (κ2) is 7.65. The average Bonchev–Trinajstić information content (AvgIpc) is 2.59. The van der Waals surface area contributed by atoms with Crippen molar-refractivity contribution in [3.05, 3.63) is 59.7 Å². The molecule has 0 spiro atoms. The molecule has 0 aliphatic carbocycles. The molecule has 0 saturated carbocycles. The molecule has 0 N–H and O–H groups in total. The Kier molecular flexibility index (Phi) is 5.60. The van der Waals surface area contributed by atoms with Gasteiger partial charge in [0.2, 0.25) is 6.10 Å². The van der Waals surface area contributed by atoms with Gasteiger partial charge in [-0.3, -0.25) is 4.79 Å². The number of halogens is 1. The maximum Gasteiger partial charge on any atom is 0.339 e. The lowest BCUT2D eigenvalue weighted by Gasteiger charge is -2.15. The molecule has 23 heavy (non-hydrogen) atoms. The quantitative estimate of drug-likeness (QED) is 0.598. The van der Waals surface area contributed by atoms with E-state index in [-0.39, 0.29) is 0 Å². The number of carbonyl (C=O) groups is 2. The summed E-state index contributed by atoms with van der Waals surface area (Å²) in [6, 6.07) is 12.9. The van der Waals surface area contributed by atoms with Crippen molar-refractivity contribution >= 4 is 22.8 Å². The van der Waals surface area contributed by atoms with Crippen molar-refractivity contribution < 1.29 is 23.8 Å². The van der Waals surface area contributed by atoms with Crippen LogP contribution in [0.1, 0.15) is 22.0 Å². The fourth-order valence-electron chi connectivity index (χ4n) is 1.93. The first-order valence-electron chi connectivity index (χ1n) is 6.73. The first kappa shape index (κ1) is 16.8. The average molecular weight is 335 g/mol. The number of rotatable bonds is 6. The topological polar surface area (TPSA) is 61.8 Å². The molecule has 1 atom stereocenters.